The van der Waals surface area contributed by atoms with Gasteiger partial charge in [0.2, 0.25) is 0 Å². The Balaban J connectivity index is 2.09. The summed E-state index contributed by atoms with van der Waals surface area (Å²) in [5, 5.41) is 3.50. The van der Waals surface area contributed by atoms with Crippen LogP contribution in [0.25, 0.3) is 0 Å². The molecule has 1 N–H and O–H groups in total. The Kier molecular flexibility index (Phi) is 3.96. The van der Waals surface area contributed by atoms with Crippen LogP contribution in [0, 0.1) is 5.41 Å². The number of nitrogens with one attached hydrogen (secondary N) is 1. The van der Waals surface area contributed by atoms with Crippen LogP contribution in [0.4, 0.5) is 0 Å². The first-order valence-corrected chi connectivity index (χ1v) is 5.76. The minimum Gasteiger partial charge on any atom is -0.374 e. The minimum atomic E-state index is 0.109. The van der Waals surface area contributed by atoms with Crippen molar-refractivity contribution in [1.29, 1.82) is 0 Å². The molecule has 1 aliphatic heterocycles. The smallest absolute Gasteiger partial charge is 0.0779 e. The van der Waals surface area contributed by atoms with E-state index in [1.807, 2.05) is 0 Å². The Morgan fingerprint density at radius 1 is 1.36 bits per heavy atom. The van der Waals surface area contributed by atoms with Crippen molar-refractivity contribution in [3.05, 3.63) is 0 Å². The van der Waals surface area contributed by atoms with Crippen molar-refractivity contribution >= 4 is 0 Å². The maximum absolute atomic E-state index is 5.71. The number of hydrogen-bond acceptors (Lipinski definition) is 2. The van der Waals surface area contributed by atoms with Crippen LogP contribution in [0.15, 0.2) is 0 Å². The molecule has 1 aliphatic rings. The van der Waals surface area contributed by atoms with Crippen molar-refractivity contribution in [3.8, 4) is 0 Å². The molecule has 2 heteroatoms. The second-order valence-electron chi connectivity index (χ2n) is 5.89. The summed E-state index contributed by atoms with van der Waals surface area (Å²) < 4.78 is 5.71. The van der Waals surface area contributed by atoms with Gasteiger partial charge in [0, 0.05) is 13.2 Å². The molecule has 0 amide bonds. The van der Waals surface area contributed by atoms with E-state index in [-0.39, 0.29) is 5.60 Å². The van der Waals surface area contributed by atoms with Gasteiger partial charge >= 0.3 is 0 Å². The summed E-state index contributed by atoms with van der Waals surface area (Å²) in [5.74, 6) is 0. The summed E-state index contributed by atoms with van der Waals surface area (Å²) >= 11 is 0. The summed E-state index contributed by atoms with van der Waals surface area (Å²) in [6, 6.07) is 0. The van der Waals surface area contributed by atoms with E-state index >= 15 is 0 Å². The number of ether oxygens (including phenoxy) is 1. The first-order valence-electron chi connectivity index (χ1n) is 5.76. The van der Waals surface area contributed by atoms with E-state index in [2.05, 4.69) is 33.0 Å². The molecule has 1 fully saturated rings. The summed E-state index contributed by atoms with van der Waals surface area (Å²) in [5.41, 5.74) is 0.544. The zero-order valence-electron chi connectivity index (χ0n) is 10.2. The number of rotatable bonds is 4. The first-order chi connectivity index (χ1) is 6.41. The van der Waals surface area contributed by atoms with Crippen molar-refractivity contribution < 1.29 is 4.74 Å². The predicted octanol–water partition coefficient (Wildman–Crippen LogP) is 2.58. The third-order valence-electron chi connectivity index (χ3n) is 2.85. The Morgan fingerprint density at radius 3 is 2.57 bits per heavy atom. The monoisotopic (exact) mass is 199 g/mol. The van der Waals surface area contributed by atoms with Crippen molar-refractivity contribution in [3.63, 3.8) is 0 Å². The predicted molar refractivity (Wildman–Crippen MR) is 60.5 cm³/mol. The topological polar surface area (TPSA) is 21.3 Å². The average molecular weight is 199 g/mol. The zero-order valence-corrected chi connectivity index (χ0v) is 10.2. The van der Waals surface area contributed by atoms with E-state index in [0.717, 1.165) is 19.7 Å². The lowest BCUT2D eigenvalue weighted by Crippen LogP contribution is -2.38. The van der Waals surface area contributed by atoms with Crippen molar-refractivity contribution in [2.75, 3.05) is 19.7 Å². The van der Waals surface area contributed by atoms with Crippen LogP contribution >= 0.6 is 0 Å². The molecule has 0 radical (unpaired) electrons. The lowest BCUT2D eigenvalue weighted by molar-refractivity contribution is 0.0206. The average Bonchev–Trinajstić information content (AvgIpc) is 2.45. The van der Waals surface area contributed by atoms with E-state index in [0.29, 0.717) is 5.41 Å². The van der Waals surface area contributed by atoms with Gasteiger partial charge in [-0.3, -0.25) is 0 Å². The molecule has 14 heavy (non-hydrogen) atoms. The van der Waals surface area contributed by atoms with Crippen LogP contribution in [0.1, 0.15) is 47.0 Å². The minimum absolute atomic E-state index is 0.109. The van der Waals surface area contributed by atoms with Gasteiger partial charge in [0.25, 0.3) is 0 Å². The molecule has 1 atom stereocenters. The summed E-state index contributed by atoms with van der Waals surface area (Å²) in [6.45, 7) is 12.1. The lowest BCUT2D eigenvalue weighted by atomic mass is 9.92. The van der Waals surface area contributed by atoms with Crippen LogP contribution in [0.2, 0.25) is 0 Å². The van der Waals surface area contributed by atoms with Gasteiger partial charge in [-0.1, -0.05) is 20.8 Å². The lowest BCUT2D eigenvalue weighted by Gasteiger charge is -2.25. The molecule has 0 aromatic rings. The quantitative estimate of drug-likeness (QED) is 0.703. The molecule has 0 spiro atoms. The first kappa shape index (κ1) is 12.0. The van der Waals surface area contributed by atoms with Gasteiger partial charge in [-0.15, -0.1) is 0 Å². The fraction of sp³-hybridized carbons (Fsp3) is 1.00. The van der Waals surface area contributed by atoms with Crippen LogP contribution in [-0.4, -0.2) is 25.3 Å². The van der Waals surface area contributed by atoms with Crippen molar-refractivity contribution in [2.45, 2.75) is 52.6 Å². The van der Waals surface area contributed by atoms with E-state index in [1.165, 1.54) is 19.3 Å². The highest BCUT2D eigenvalue weighted by molar-refractivity contribution is 4.82. The maximum Gasteiger partial charge on any atom is 0.0779 e. The molecule has 1 unspecified atom stereocenters. The van der Waals surface area contributed by atoms with E-state index in [9.17, 15) is 0 Å². The van der Waals surface area contributed by atoms with Gasteiger partial charge in [-0.25, -0.2) is 0 Å². The Labute approximate surface area is 88.4 Å². The van der Waals surface area contributed by atoms with Crippen molar-refractivity contribution in [2.24, 2.45) is 5.41 Å². The summed E-state index contributed by atoms with van der Waals surface area (Å²) in [4.78, 5) is 0. The highest BCUT2D eigenvalue weighted by Crippen LogP contribution is 2.24. The van der Waals surface area contributed by atoms with Gasteiger partial charge in [-0.2, -0.15) is 0 Å². The number of hydrogen-bond donors (Lipinski definition) is 1. The Bertz CT molecular complexity index is 166. The molecule has 1 rings (SSSR count). The molecule has 1 saturated heterocycles. The standard InChI is InChI=1S/C12H25NO/c1-11(2,3)7-8-13-10-12(4)6-5-9-14-12/h13H,5-10H2,1-4H3. The second kappa shape index (κ2) is 4.63. The molecule has 1 heterocycles. The SMILES string of the molecule is CC(C)(C)CCNCC1(C)CCCO1. The van der Waals surface area contributed by atoms with Crippen LogP contribution in [-0.2, 0) is 4.74 Å². The molecule has 0 aliphatic carbocycles. The summed E-state index contributed by atoms with van der Waals surface area (Å²) in [6.07, 6.45) is 3.65. The van der Waals surface area contributed by atoms with Crippen LogP contribution < -0.4 is 5.32 Å². The fourth-order valence-electron chi connectivity index (χ4n) is 1.79. The van der Waals surface area contributed by atoms with Gasteiger partial charge in [-0.05, 0) is 38.1 Å². The molecule has 2 nitrogen and oxygen atoms in total. The van der Waals surface area contributed by atoms with E-state index in [1.54, 1.807) is 0 Å². The van der Waals surface area contributed by atoms with Crippen LogP contribution in [0.3, 0.4) is 0 Å². The third kappa shape index (κ3) is 4.43. The zero-order chi connectivity index (χ0) is 10.7. The van der Waals surface area contributed by atoms with Crippen LogP contribution in [0.5, 0.6) is 0 Å². The normalized spacial score (nSPS) is 28.3. The molecule has 0 aromatic heterocycles. The Morgan fingerprint density at radius 2 is 2.07 bits per heavy atom. The van der Waals surface area contributed by atoms with Crippen molar-refractivity contribution in [1.82, 2.24) is 5.32 Å². The summed E-state index contributed by atoms with van der Waals surface area (Å²) in [7, 11) is 0. The Hall–Kier alpha value is -0.0800. The van der Waals surface area contributed by atoms with E-state index < -0.39 is 0 Å². The highest BCUT2D eigenvalue weighted by Gasteiger charge is 2.28. The van der Waals surface area contributed by atoms with Gasteiger partial charge in [0.05, 0.1) is 5.60 Å². The molecule has 0 saturated carbocycles. The van der Waals surface area contributed by atoms with Gasteiger partial charge in [0.15, 0.2) is 0 Å². The third-order valence-corrected chi connectivity index (χ3v) is 2.85. The molecule has 84 valence electrons. The maximum atomic E-state index is 5.71. The molecular weight excluding hydrogens is 174 g/mol. The molecule has 0 aromatic carbocycles. The molecular formula is C12H25NO. The van der Waals surface area contributed by atoms with Gasteiger partial charge in [0.1, 0.15) is 0 Å². The van der Waals surface area contributed by atoms with E-state index in [4.69, 9.17) is 4.74 Å². The second-order valence-corrected chi connectivity index (χ2v) is 5.89. The highest BCUT2D eigenvalue weighted by atomic mass is 16.5. The van der Waals surface area contributed by atoms with Gasteiger partial charge < -0.3 is 10.1 Å². The fourth-order valence-corrected chi connectivity index (χ4v) is 1.79. The largest absolute Gasteiger partial charge is 0.374 e. The molecule has 0 bridgehead atoms.